The van der Waals surface area contributed by atoms with Crippen molar-refractivity contribution in [3.63, 3.8) is 0 Å². The van der Waals surface area contributed by atoms with Gasteiger partial charge in [0.05, 0.1) is 7.11 Å². The van der Waals surface area contributed by atoms with Crippen molar-refractivity contribution in [2.75, 3.05) is 7.11 Å². The predicted octanol–water partition coefficient (Wildman–Crippen LogP) is -1.50. The molecule has 0 aliphatic rings. The minimum Gasteiger partial charge on any atom is -1.00 e. The third kappa shape index (κ3) is 4.23. The van der Waals surface area contributed by atoms with Crippen LogP contribution in [-0.2, 0) is 19.5 Å². The average molecular weight is 299 g/mol. The van der Waals surface area contributed by atoms with Gasteiger partial charge in [-0.15, -0.1) is 12.1 Å². The van der Waals surface area contributed by atoms with Gasteiger partial charge in [0.15, 0.2) is 0 Å². The van der Waals surface area contributed by atoms with Gasteiger partial charge in [0.25, 0.3) is 0 Å². The maximum Gasteiger partial charge on any atom is 2.00 e. The number of rotatable bonds is 1. The van der Waals surface area contributed by atoms with Crippen molar-refractivity contribution in [3.8, 4) is 5.75 Å². The van der Waals surface area contributed by atoms with Gasteiger partial charge in [-0.3, -0.25) is 0 Å². The molecule has 0 amide bonds. The summed E-state index contributed by atoms with van der Waals surface area (Å²) in [7, 11) is 1.63. The van der Waals surface area contributed by atoms with Gasteiger partial charge in [-0.2, -0.15) is 18.2 Å². The average Bonchev–Trinajstić information content (AvgIpc) is 1.90. The van der Waals surface area contributed by atoms with E-state index in [2.05, 4.69) is 6.07 Å². The Morgan fingerprint density at radius 2 is 2.10 bits per heavy atom. The Hall–Kier alpha value is 0.373. The van der Waals surface area contributed by atoms with Gasteiger partial charge < -0.3 is 28.7 Å². The molecule has 1 aromatic rings. The van der Waals surface area contributed by atoms with Gasteiger partial charge >= 0.3 is 19.5 Å². The van der Waals surface area contributed by atoms with E-state index in [1.165, 1.54) is 0 Å². The molecule has 0 heterocycles. The maximum atomic E-state index is 4.86. The first-order valence-corrected chi connectivity index (χ1v) is 2.44. The molecule has 0 saturated carbocycles. The fourth-order valence-electron chi connectivity index (χ4n) is 0.504. The molecule has 0 aromatic heterocycles. The molecule has 0 atom stereocenters. The summed E-state index contributed by atoms with van der Waals surface area (Å²) >= 11 is 0. The molecule has 0 aliphatic heterocycles. The maximum absolute atomic E-state index is 4.86. The van der Waals surface area contributed by atoms with E-state index in [1.54, 1.807) is 7.11 Å². The van der Waals surface area contributed by atoms with E-state index in [4.69, 9.17) is 4.74 Å². The van der Waals surface area contributed by atoms with E-state index < -0.39 is 0 Å². The largest absolute Gasteiger partial charge is 2.00 e. The molecule has 1 aromatic carbocycles. The van der Waals surface area contributed by atoms with Crippen LogP contribution in [0.15, 0.2) is 24.3 Å². The molecule has 0 fully saturated rings. The third-order valence-electron chi connectivity index (χ3n) is 0.900. The first-order valence-electron chi connectivity index (χ1n) is 2.44. The second-order valence-corrected chi connectivity index (χ2v) is 1.43. The molecule has 1 nitrogen and oxygen atoms in total. The molecule has 0 N–H and O–H groups in total. The quantitative estimate of drug-likeness (QED) is 0.348. The first-order chi connectivity index (χ1) is 3.93. The van der Waals surface area contributed by atoms with Crippen LogP contribution in [0.4, 0.5) is 0 Å². The summed E-state index contributed by atoms with van der Waals surface area (Å²) in [6, 6.07) is 10.4. The van der Waals surface area contributed by atoms with Gasteiger partial charge in [0, 0.05) is 5.75 Å². The number of benzene rings is 1. The Morgan fingerprint density at radius 1 is 1.40 bits per heavy atom. The van der Waals surface area contributed by atoms with E-state index in [0.29, 0.717) is 0 Å². The summed E-state index contributed by atoms with van der Waals surface area (Å²) in [5, 5.41) is 0. The van der Waals surface area contributed by atoms with E-state index in [-0.39, 0.29) is 43.5 Å². The summed E-state index contributed by atoms with van der Waals surface area (Å²) in [5.41, 5.74) is 0. The zero-order valence-electron chi connectivity index (χ0n) is 5.80. The number of hydrogen-bond donors (Lipinski definition) is 0. The van der Waals surface area contributed by atoms with Crippen LogP contribution in [0, 0.1) is 6.07 Å². The second-order valence-electron chi connectivity index (χ2n) is 1.43. The van der Waals surface area contributed by atoms with Gasteiger partial charge in [-0.05, 0) is 0 Å². The molecule has 1 rings (SSSR count). The SMILES string of the molecule is COc1[c-]cccc1.[I-].[Zn+2]. The van der Waals surface area contributed by atoms with Crippen LogP contribution in [0.2, 0.25) is 0 Å². The van der Waals surface area contributed by atoms with Crippen LogP contribution < -0.4 is 28.7 Å². The number of para-hydroxylation sites is 1. The second kappa shape index (κ2) is 7.48. The predicted molar refractivity (Wildman–Crippen MR) is 31.8 cm³/mol. The van der Waals surface area contributed by atoms with Crippen molar-refractivity contribution in [2.45, 2.75) is 0 Å². The van der Waals surface area contributed by atoms with Crippen molar-refractivity contribution < 1.29 is 48.2 Å². The van der Waals surface area contributed by atoms with Crippen molar-refractivity contribution in [1.29, 1.82) is 0 Å². The molecule has 0 unspecified atom stereocenters. The molecule has 0 aliphatic carbocycles. The monoisotopic (exact) mass is 298 g/mol. The summed E-state index contributed by atoms with van der Waals surface area (Å²) in [6.45, 7) is 0. The number of halogens is 1. The Labute approximate surface area is 90.9 Å². The van der Waals surface area contributed by atoms with Gasteiger partial charge in [0.1, 0.15) is 0 Å². The fourth-order valence-corrected chi connectivity index (χ4v) is 0.504. The van der Waals surface area contributed by atoms with Crippen LogP contribution in [0.25, 0.3) is 0 Å². The molecule has 0 radical (unpaired) electrons. The summed E-state index contributed by atoms with van der Waals surface area (Å²) in [6.07, 6.45) is 0. The van der Waals surface area contributed by atoms with Gasteiger partial charge in [0.2, 0.25) is 0 Å². The van der Waals surface area contributed by atoms with Crippen LogP contribution >= 0.6 is 0 Å². The number of hydrogen-bond acceptors (Lipinski definition) is 1. The topological polar surface area (TPSA) is 9.23 Å². The van der Waals surface area contributed by atoms with Crippen molar-refractivity contribution >= 4 is 0 Å². The zero-order chi connectivity index (χ0) is 5.82. The van der Waals surface area contributed by atoms with Crippen LogP contribution in [0.1, 0.15) is 0 Å². The molecule has 0 bridgehead atoms. The van der Waals surface area contributed by atoms with Crippen molar-refractivity contribution in [3.05, 3.63) is 30.3 Å². The van der Waals surface area contributed by atoms with E-state index in [1.807, 2.05) is 24.3 Å². The minimum absolute atomic E-state index is 0. The molecular formula is C7H7IOZn. The van der Waals surface area contributed by atoms with Crippen LogP contribution in [0.3, 0.4) is 0 Å². The Kier molecular flexibility index (Phi) is 9.72. The van der Waals surface area contributed by atoms with Crippen LogP contribution in [-0.4, -0.2) is 7.11 Å². The molecule has 50 valence electrons. The number of methoxy groups -OCH3 is 1. The molecule has 0 saturated heterocycles. The minimum atomic E-state index is 0. The Balaban J connectivity index is 0. The third-order valence-corrected chi connectivity index (χ3v) is 0.900. The van der Waals surface area contributed by atoms with Crippen LogP contribution in [0.5, 0.6) is 5.75 Å². The zero-order valence-corrected chi connectivity index (χ0v) is 10.9. The van der Waals surface area contributed by atoms with E-state index in [0.717, 1.165) is 5.75 Å². The molecule has 0 spiro atoms. The normalized spacial score (nSPS) is 6.90. The van der Waals surface area contributed by atoms with E-state index >= 15 is 0 Å². The first kappa shape index (κ1) is 13.0. The van der Waals surface area contributed by atoms with Crippen molar-refractivity contribution in [1.82, 2.24) is 0 Å². The standard InChI is InChI=1S/C7H7O.HI.Zn/c1-8-7-5-3-2-4-6-7;;/h2-5H,1H3;1H;/q-1;;+2/p-1. The Morgan fingerprint density at radius 3 is 2.40 bits per heavy atom. The number of ether oxygens (including phenoxy) is 1. The van der Waals surface area contributed by atoms with Crippen molar-refractivity contribution in [2.24, 2.45) is 0 Å². The van der Waals surface area contributed by atoms with Gasteiger partial charge in [-0.25, -0.2) is 0 Å². The van der Waals surface area contributed by atoms with E-state index in [9.17, 15) is 0 Å². The Bertz CT molecular complexity index is 155. The summed E-state index contributed by atoms with van der Waals surface area (Å²) in [4.78, 5) is 0. The molecule has 3 heteroatoms. The molecule has 10 heavy (non-hydrogen) atoms. The smallest absolute Gasteiger partial charge is 1.00 e. The fraction of sp³-hybridized carbons (Fsp3) is 0.143. The summed E-state index contributed by atoms with van der Waals surface area (Å²) in [5.74, 6) is 0.785. The van der Waals surface area contributed by atoms with Gasteiger partial charge in [-0.1, -0.05) is 0 Å². The molecular weight excluding hydrogens is 292 g/mol. The summed E-state index contributed by atoms with van der Waals surface area (Å²) < 4.78 is 4.86.